The van der Waals surface area contributed by atoms with Crippen LogP contribution in [0.1, 0.15) is 50.8 Å². The molecule has 3 heterocycles. The minimum absolute atomic E-state index is 0.00599. The van der Waals surface area contributed by atoms with Crippen molar-refractivity contribution in [2.45, 2.75) is 57.5 Å². The Kier molecular flexibility index (Phi) is 9.62. The predicted octanol–water partition coefficient (Wildman–Crippen LogP) is 3.60. The van der Waals surface area contributed by atoms with Gasteiger partial charge in [-0.15, -0.1) is 0 Å². The number of morpholine rings is 1. The van der Waals surface area contributed by atoms with Gasteiger partial charge in [-0.25, -0.2) is 4.79 Å². The molecule has 11 nitrogen and oxygen atoms in total. The molecule has 4 N–H and O–H groups in total. The number of aromatic amines is 1. The highest BCUT2D eigenvalue weighted by Gasteiger charge is 2.36. The van der Waals surface area contributed by atoms with Gasteiger partial charge in [-0.3, -0.25) is 9.69 Å². The SMILES string of the molecule is CC(C)(C)OC(=O)N(Cc1ccc(OCCN2CCC3(CC2)CNCCO3)cc1)CC(O)c1ccc(O)c2[nH]c(=O)sc12. The molecular weight excluding hydrogens is 572 g/mol. The van der Waals surface area contributed by atoms with Crippen LogP contribution in [0, 0.1) is 0 Å². The average molecular weight is 615 g/mol. The number of ether oxygens (including phenoxy) is 3. The number of phenolic OH excluding ortho intramolecular Hbond substituents is 1. The number of hydrogen-bond acceptors (Lipinski definition) is 10. The van der Waals surface area contributed by atoms with Crippen molar-refractivity contribution in [1.29, 1.82) is 0 Å². The van der Waals surface area contributed by atoms with Crippen LogP contribution in [0.25, 0.3) is 10.2 Å². The zero-order valence-corrected chi connectivity index (χ0v) is 25.9. The van der Waals surface area contributed by atoms with E-state index in [4.69, 9.17) is 14.2 Å². The molecule has 1 spiro atoms. The Labute approximate surface area is 255 Å². The van der Waals surface area contributed by atoms with Crippen molar-refractivity contribution < 1.29 is 29.2 Å². The summed E-state index contributed by atoms with van der Waals surface area (Å²) in [6.45, 7) is 11.5. The number of nitrogens with one attached hydrogen (secondary N) is 2. The molecule has 2 aliphatic rings. The van der Waals surface area contributed by atoms with Gasteiger partial charge in [-0.05, 0) is 57.4 Å². The van der Waals surface area contributed by atoms with Gasteiger partial charge in [-0.2, -0.15) is 0 Å². The molecule has 12 heteroatoms. The summed E-state index contributed by atoms with van der Waals surface area (Å²) >= 11 is 0.902. The second-order valence-electron chi connectivity index (χ2n) is 12.3. The second-order valence-corrected chi connectivity index (χ2v) is 13.3. The molecule has 2 saturated heterocycles. The number of rotatable bonds is 9. The number of thiazole rings is 1. The van der Waals surface area contributed by atoms with E-state index < -0.39 is 17.8 Å². The number of likely N-dealkylation sites (tertiary alicyclic amines) is 1. The highest BCUT2D eigenvalue weighted by molar-refractivity contribution is 7.16. The van der Waals surface area contributed by atoms with E-state index >= 15 is 0 Å². The molecule has 1 unspecified atom stereocenters. The van der Waals surface area contributed by atoms with E-state index in [1.165, 1.54) is 11.0 Å². The van der Waals surface area contributed by atoms with Crippen LogP contribution in [-0.4, -0.2) is 94.8 Å². The summed E-state index contributed by atoms with van der Waals surface area (Å²) < 4.78 is 18.2. The van der Waals surface area contributed by atoms with E-state index in [1.807, 2.05) is 24.3 Å². The fourth-order valence-electron chi connectivity index (χ4n) is 5.56. The van der Waals surface area contributed by atoms with Gasteiger partial charge in [0.1, 0.15) is 29.2 Å². The molecule has 2 fully saturated rings. The number of aliphatic hydroxyl groups is 1. The van der Waals surface area contributed by atoms with Gasteiger partial charge in [0.05, 0.1) is 29.6 Å². The molecule has 0 aliphatic carbocycles. The van der Waals surface area contributed by atoms with E-state index in [0.717, 1.165) is 74.8 Å². The van der Waals surface area contributed by atoms with Crippen molar-refractivity contribution in [1.82, 2.24) is 20.1 Å². The van der Waals surface area contributed by atoms with E-state index in [2.05, 4.69) is 15.2 Å². The molecule has 3 aromatic rings. The third kappa shape index (κ3) is 8.07. The van der Waals surface area contributed by atoms with Crippen LogP contribution < -0.4 is 14.9 Å². The van der Waals surface area contributed by atoms with Gasteiger partial charge in [0, 0.05) is 44.8 Å². The van der Waals surface area contributed by atoms with E-state index in [-0.39, 0.29) is 34.8 Å². The molecule has 0 radical (unpaired) electrons. The van der Waals surface area contributed by atoms with Crippen molar-refractivity contribution in [2.75, 3.05) is 52.5 Å². The number of aliphatic hydroxyl groups excluding tert-OH is 1. The van der Waals surface area contributed by atoms with Gasteiger partial charge in [0.2, 0.25) is 0 Å². The van der Waals surface area contributed by atoms with Crippen molar-refractivity contribution >= 4 is 27.6 Å². The third-order valence-corrected chi connectivity index (χ3v) is 8.80. The number of aromatic hydroxyl groups is 1. The fraction of sp³-hybridized carbons (Fsp3) is 0.548. The van der Waals surface area contributed by atoms with Gasteiger partial charge < -0.3 is 39.6 Å². The number of carbonyl (C=O) groups excluding carboxylic acids is 1. The summed E-state index contributed by atoms with van der Waals surface area (Å²) in [4.78, 5) is 31.2. The summed E-state index contributed by atoms with van der Waals surface area (Å²) in [5.41, 5.74) is 0.827. The van der Waals surface area contributed by atoms with Crippen molar-refractivity contribution in [3.63, 3.8) is 0 Å². The van der Waals surface area contributed by atoms with Crippen molar-refractivity contribution in [3.05, 3.63) is 57.2 Å². The first-order valence-corrected chi connectivity index (χ1v) is 15.6. The largest absolute Gasteiger partial charge is 0.506 e. The van der Waals surface area contributed by atoms with E-state index in [1.54, 1.807) is 26.8 Å². The molecular formula is C31H42N4O7S. The van der Waals surface area contributed by atoms with Crippen LogP contribution in [0.2, 0.25) is 0 Å². The maximum Gasteiger partial charge on any atom is 0.410 e. The number of amides is 1. The van der Waals surface area contributed by atoms with Crippen molar-refractivity contribution in [3.8, 4) is 11.5 Å². The standard InChI is InChI=1S/C31H42N4O7S/c1-30(2,3)42-29(39)35(19-25(37)23-8-9-24(36)26-27(23)43-28(38)33-26)18-21-4-6-22(7-5-21)40-17-15-34-13-10-31(11-14-34)20-32-12-16-41-31/h4-9,25,32,36-37H,10-20H2,1-3H3,(H,33,38). The molecule has 43 heavy (non-hydrogen) atoms. The smallest absolute Gasteiger partial charge is 0.410 e. The molecule has 0 bridgehead atoms. The van der Waals surface area contributed by atoms with Gasteiger partial charge in [0.15, 0.2) is 0 Å². The number of fused-ring (bicyclic) bond motifs is 1. The van der Waals surface area contributed by atoms with Gasteiger partial charge in [-0.1, -0.05) is 29.5 Å². The van der Waals surface area contributed by atoms with E-state index in [9.17, 15) is 19.8 Å². The molecule has 2 aromatic carbocycles. The monoisotopic (exact) mass is 614 g/mol. The van der Waals surface area contributed by atoms with Crippen LogP contribution in [-0.2, 0) is 16.0 Å². The quantitative estimate of drug-likeness (QED) is 0.285. The molecule has 2 aliphatic heterocycles. The first-order valence-electron chi connectivity index (χ1n) is 14.8. The van der Waals surface area contributed by atoms with Gasteiger partial charge in [0.25, 0.3) is 0 Å². The van der Waals surface area contributed by atoms with Crippen LogP contribution in [0.4, 0.5) is 4.79 Å². The Morgan fingerprint density at radius 3 is 2.60 bits per heavy atom. The minimum atomic E-state index is -1.12. The fourth-order valence-corrected chi connectivity index (χ4v) is 6.47. The lowest BCUT2D eigenvalue weighted by Crippen LogP contribution is -2.55. The Balaban J connectivity index is 1.18. The summed E-state index contributed by atoms with van der Waals surface area (Å²) in [6, 6.07) is 10.5. The topological polar surface area (TPSA) is 137 Å². The number of aromatic nitrogens is 1. The minimum Gasteiger partial charge on any atom is -0.506 e. The Morgan fingerprint density at radius 1 is 1.19 bits per heavy atom. The highest BCUT2D eigenvalue weighted by Crippen LogP contribution is 2.32. The number of hydrogen-bond donors (Lipinski definition) is 4. The maximum absolute atomic E-state index is 13.2. The predicted molar refractivity (Wildman–Crippen MR) is 165 cm³/mol. The first-order chi connectivity index (χ1) is 20.5. The number of H-pyrrole nitrogens is 1. The Hall–Kier alpha value is -3.16. The molecule has 0 saturated carbocycles. The second kappa shape index (κ2) is 13.2. The maximum atomic E-state index is 13.2. The van der Waals surface area contributed by atoms with Crippen LogP contribution >= 0.6 is 11.3 Å². The lowest BCUT2D eigenvalue weighted by atomic mass is 9.90. The first kappa shape index (κ1) is 31.3. The molecule has 5 rings (SSSR count). The van der Waals surface area contributed by atoms with E-state index in [0.29, 0.717) is 16.9 Å². The number of piperidine rings is 1. The molecule has 1 atom stereocenters. The Morgan fingerprint density at radius 2 is 1.93 bits per heavy atom. The zero-order chi connectivity index (χ0) is 30.6. The summed E-state index contributed by atoms with van der Waals surface area (Å²) in [6.07, 6.45) is 0.374. The van der Waals surface area contributed by atoms with Crippen LogP contribution in [0.5, 0.6) is 11.5 Å². The normalized spacial score (nSPS) is 18.0. The van der Waals surface area contributed by atoms with Crippen LogP contribution in [0.15, 0.2) is 41.2 Å². The lowest BCUT2D eigenvalue weighted by molar-refractivity contribution is -0.100. The molecule has 1 amide bonds. The summed E-state index contributed by atoms with van der Waals surface area (Å²) in [5, 5.41) is 24.7. The molecule has 1 aromatic heterocycles. The summed E-state index contributed by atoms with van der Waals surface area (Å²) in [7, 11) is 0. The number of benzene rings is 2. The lowest BCUT2D eigenvalue weighted by Gasteiger charge is -2.44. The Bertz CT molecular complexity index is 1430. The summed E-state index contributed by atoms with van der Waals surface area (Å²) in [5.74, 6) is 0.668. The number of nitrogens with zero attached hydrogens (tertiary/aromatic N) is 2. The zero-order valence-electron chi connectivity index (χ0n) is 25.1. The van der Waals surface area contributed by atoms with Gasteiger partial charge >= 0.3 is 11.0 Å². The third-order valence-electron chi connectivity index (χ3n) is 7.87. The van der Waals surface area contributed by atoms with Crippen LogP contribution in [0.3, 0.4) is 0 Å². The average Bonchev–Trinajstić information content (AvgIpc) is 3.36. The molecule has 234 valence electrons. The highest BCUT2D eigenvalue weighted by atomic mass is 32.1. The number of phenols is 1. The van der Waals surface area contributed by atoms with Crippen molar-refractivity contribution in [2.24, 2.45) is 0 Å². The number of carbonyl (C=O) groups is 1.